The van der Waals surface area contributed by atoms with Crippen LogP contribution in [-0.4, -0.2) is 29.5 Å². The van der Waals surface area contributed by atoms with E-state index in [1.54, 1.807) is 18.2 Å². The molecular formula is C10H8N2O4. The highest BCUT2D eigenvalue weighted by atomic mass is 16.7. The van der Waals surface area contributed by atoms with Gasteiger partial charge in [-0.2, -0.15) is 0 Å². The van der Waals surface area contributed by atoms with E-state index in [-0.39, 0.29) is 12.1 Å². The molecule has 1 aromatic rings. The number of urea groups is 1. The molecule has 6 nitrogen and oxygen atoms in total. The van der Waals surface area contributed by atoms with E-state index in [9.17, 15) is 14.4 Å². The van der Waals surface area contributed by atoms with Crippen LogP contribution in [-0.2, 0) is 9.63 Å². The van der Waals surface area contributed by atoms with Crippen LogP contribution in [0.2, 0.25) is 0 Å². The third kappa shape index (κ3) is 1.85. The summed E-state index contributed by atoms with van der Waals surface area (Å²) in [4.78, 5) is 38.3. The molecule has 6 heteroatoms. The lowest BCUT2D eigenvalue weighted by Crippen LogP contribution is -2.33. The molecule has 1 aromatic carbocycles. The van der Waals surface area contributed by atoms with Crippen LogP contribution in [0.3, 0.4) is 0 Å². The van der Waals surface area contributed by atoms with Crippen molar-refractivity contribution in [2.75, 3.05) is 6.54 Å². The Morgan fingerprint density at radius 3 is 2.50 bits per heavy atom. The number of nitrogens with zero attached hydrogens (tertiary/aromatic N) is 1. The van der Waals surface area contributed by atoms with Crippen molar-refractivity contribution in [2.24, 2.45) is 0 Å². The first kappa shape index (κ1) is 10.2. The zero-order valence-electron chi connectivity index (χ0n) is 8.17. The number of carbonyl (C=O) groups is 3. The second-order valence-corrected chi connectivity index (χ2v) is 3.09. The Kier molecular flexibility index (Phi) is 2.55. The van der Waals surface area contributed by atoms with Crippen molar-refractivity contribution in [3.05, 3.63) is 35.9 Å². The van der Waals surface area contributed by atoms with Gasteiger partial charge >= 0.3 is 12.0 Å². The standard InChI is InChI=1S/C10H8N2O4/c13-8-6-11-10(15)12(8)16-9(14)7-4-2-1-3-5-7/h1-5H,6H2,(H,11,15). The topological polar surface area (TPSA) is 75.7 Å². The minimum Gasteiger partial charge on any atom is -0.326 e. The molecule has 0 spiro atoms. The van der Waals surface area contributed by atoms with Gasteiger partial charge in [0.1, 0.15) is 6.54 Å². The Balaban J connectivity index is 2.08. The fourth-order valence-corrected chi connectivity index (χ4v) is 1.21. The summed E-state index contributed by atoms with van der Waals surface area (Å²) in [6.45, 7) is -0.152. The normalized spacial score (nSPS) is 14.9. The Morgan fingerprint density at radius 1 is 1.25 bits per heavy atom. The number of nitrogens with one attached hydrogen (secondary N) is 1. The summed E-state index contributed by atoms with van der Waals surface area (Å²) in [5, 5.41) is 2.66. The number of amides is 3. The van der Waals surface area contributed by atoms with Crippen LogP contribution in [0.25, 0.3) is 0 Å². The molecule has 1 fully saturated rings. The maximum atomic E-state index is 11.5. The largest absolute Gasteiger partial charge is 0.363 e. The third-order valence-corrected chi connectivity index (χ3v) is 1.99. The highest BCUT2D eigenvalue weighted by Gasteiger charge is 2.32. The van der Waals surface area contributed by atoms with E-state index in [0.717, 1.165) is 0 Å². The number of carbonyl (C=O) groups excluding carboxylic acids is 3. The summed E-state index contributed by atoms with van der Waals surface area (Å²) in [5.41, 5.74) is 0.273. The Hall–Kier alpha value is -2.37. The maximum Gasteiger partial charge on any atom is 0.363 e. The van der Waals surface area contributed by atoms with Crippen LogP contribution in [0.4, 0.5) is 4.79 Å². The minimum atomic E-state index is -0.744. The summed E-state index contributed by atoms with van der Waals surface area (Å²) < 4.78 is 0. The lowest BCUT2D eigenvalue weighted by Gasteiger charge is -2.10. The molecule has 82 valence electrons. The van der Waals surface area contributed by atoms with E-state index in [2.05, 4.69) is 10.2 Å². The molecule has 1 N–H and O–H groups in total. The molecule has 1 heterocycles. The minimum absolute atomic E-state index is 0.152. The summed E-state index contributed by atoms with van der Waals surface area (Å²) in [6.07, 6.45) is 0. The molecule has 0 aromatic heterocycles. The summed E-state index contributed by atoms with van der Waals surface area (Å²) in [6, 6.07) is 7.38. The fraction of sp³-hybridized carbons (Fsp3) is 0.100. The van der Waals surface area contributed by atoms with Gasteiger partial charge in [0, 0.05) is 0 Å². The molecule has 1 aliphatic rings. The molecular weight excluding hydrogens is 212 g/mol. The number of hydrogen-bond donors (Lipinski definition) is 1. The van der Waals surface area contributed by atoms with Gasteiger partial charge in [-0.25, -0.2) is 9.59 Å². The summed E-state index contributed by atoms with van der Waals surface area (Å²) in [7, 11) is 0. The van der Waals surface area contributed by atoms with E-state index in [1.807, 2.05) is 0 Å². The van der Waals surface area contributed by atoms with Gasteiger partial charge in [0.15, 0.2) is 0 Å². The maximum absolute atomic E-state index is 11.5. The van der Waals surface area contributed by atoms with Crippen molar-refractivity contribution < 1.29 is 19.2 Å². The predicted octanol–water partition coefficient (Wildman–Crippen LogP) is 0.310. The molecule has 0 atom stereocenters. The lowest BCUT2D eigenvalue weighted by atomic mass is 10.2. The monoisotopic (exact) mass is 220 g/mol. The third-order valence-electron chi connectivity index (χ3n) is 1.99. The Labute approximate surface area is 90.7 Å². The average molecular weight is 220 g/mol. The number of hydroxylamine groups is 2. The first-order chi connectivity index (χ1) is 7.68. The second kappa shape index (κ2) is 4.01. The van der Waals surface area contributed by atoms with Crippen LogP contribution >= 0.6 is 0 Å². The van der Waals surface area contributed by atoms with Crippen LogP contribution in [0.1, 0.15) is 10.4 Å². The molecule has 0 bridgehead atoms. The van der Waals surface area contributed by atoms with E-state index in [0.29, 0.717) is 5.06 Å². The van der Waals surface area contributed by atoms with Crippen LogP contribution in [0.15, 0.2) is 30.3 Å². The fourth-order valence-electron chi connectivity index (χ4n) is 1.21. The molecule has 16 heavy (non-hydrogen) atoms. The van der Waals surface area contributed by atoms with Crippen LogP contribution in [0, 0.1) is 0 Å². The quantitative estimate of drug-likeness (QED) is 0.728. The first-order valence-electron chi connectivity index (χ1n) is 4.56. The van der Waals surface area contributed by atoms with Crippen LogP contribution in [0.5, 0.6) is 0 Å². The second-order valence-electron chi connectivity index (χ2n) is 3.09. The molecule has 1 saturated heterocycles. The van der Waals surface area contributed by atoms with Gasteiger partial charge in [-0.3, -0.25) is 4.79 Å². The molecule has 2 rings (SSSR count). The van der Waals surface area contributed by atoms with Gasteiger partial charge in [0.2, 0.25) is 0 Å². The smallest absolute Gasteiger partial charge is 0.326 e. The highest BCUT2D eigenvalue weighted by molar-refractivity contribution is 6.02. The van der Waals surface area contributed by atoms with Crippen molar-refractivity contribution in [1.82, 2.24) is 10.4 Å². The lowest BCUT2D eigenvalue weighted by molar-refractivity contribution is -0.148. The Morgan fingerprint density at radius 2 is 1.94 bits per heavy atom. The number of hydrogen-bond acceptors (Lipinski definition) is 4. The van der Waals surface area contributed by atoms with Crippen molar-refractivity contribution in [3.8, 4) is 0 Å². The van der Waals surface area contributed by atoms with Crippen molar-refractivity contribution in [2.45, 2.75) is 0 Å². The SMILES string of the molecule is O=C(ON1C(=O)CNC1=O)c1ccccc1. The van der Waals surface area contributed by atoms with E-state index in [1.165, 1.54) is 12.1 Å². The van der Waals surface area contributed by atoms with Gasteiger partial charge in [0.05, 0.1) is 5.56 Å². The Bertz CT molecular complexity index is 427. The van der Waals surface area contributed by atoms with Crippen molar-refractivity contribution >= 4 is 17.9 Å². The predicted molar refractivity (Wildman–Crippen MR) is 52.1 cm³/mol. The summed E-state index contributed by atoms with van der Waals surface area (Å²) >= 11 is 0. The number of benzene rings is 1. The van der Waals surface area contributed by atoms with E-state index < -0.39 is 17.9 Å². The van der Waals surface area contributed by atoms with Gasteiger partial charge in [0.25, 0.3) is 5.91 Å². The van der Waals surface area contributed by atoms with Crippen molar-refractivity contribution in [1.29, 1.82) is 0 Å². The van der Waals surface area contributed by atoms with Gasteiger partial charge in [-0.15, -0.1) is 0 Å². The van der Waals surface area contributed by atoms with Crippen molar-refractivity contribution in [3.63, 3.8) is 0 Å². The molecule has 0 unspecified atom stereocenters. The molecule has 0 radical (unpaired) electrons. The van der Waals surface area contributed by atoms with E-state index in [4.69, 9.17) is 0 Å². The first-order valence-corrected chi connectivity index (χ1v) is 4.56. The zero-order valence-corrected chi connectivity index (χ0v) is 8.17. The summed E-state index contributed by atoms with van der Waals surface area (Å²) in [5.74, 6) is -1.33. The van der Waals surface area contributed by atoms with Gasteiger partial charge in [-0.05, 0) is 12.1 Å². The number of rotatable bonds is 2. The average Bonchev–Trinajstić information content (AvgIpc) is 2.62. The molecule has 1 aliphatic heterocycles. The van der Waals surface area contributed by atoms with Gasteiger partial charge < -0.3 is 10.2 Å². The molecule has 3 amide bonds. The number of imide groups is 1. The van der Waals surface area contributed by atoms with Gasteiger partial charge in [-0.1, -0.05) is 23.3 Å². The molecule has 0 aliphatic carbocycles. The zero-order chi connectivity index (χ0) is 11.5. The highest BCUT2D eigenvalue weighted by Crippen LogP contribution is 2.06. The van der Waals surface area contributed by atoms with E-state index >= 15 is 0 Å². The molecule has 0 saturated carbocycles. The van der Waals surface area contributed by atoms with Crippen LogP contribution < -0.4 is 5.32 Å².